The number of anilines is 1. The normalized spacial score (nSPS) is 25.0. The molecule has 2 aliphatic rings. The molecule has 2 fully saturated rings. The van der Waals surface area contributed by atoms with Crippen LogP contribution in [0.3, 0.4) is 0 Å². The van der Waals surface area contributed by atoms with E-state index in [1.54, 1.807) is 0 Å². The SMILES string of the molecule is O=C(Nc1ccccc1Cc1ccccc1)N1C[C@H]2CC[C@@H](C1)C2O. The molecule has 0 spiro atoms. The van der Waals surface area contributed by atoms with E-state index in [1.807, 2.05) is 41.3 Å². The van der Waals surface area contributed by atoms with Crippen LogP contribution in [0.1, 0.15) is 24.0 Å². The lowest BCUT2D eigenvalue weighted by atomic mass is 9.95. The van der Waals surface area contributed by atoms with Gasteiger partial charge in [0.1, 0.15) is 0 Å². The van der Waals surface area contributed by atoms with Crippen LogP contribution in [0.25, 0.3) is 0 Å². The summed E-state index contributed by atoms with van der Waals surface area (Å²) in [5.74, 6) is 0.480. The van der Waals surface area contributed by atoms with Gasteiger partial charge in [-0.05, 0) is 36.5 Å². The number of piperidine rings is 1. The predicted octanol–water partition coefficient (Wildman–Crippen LogP) is 3.51. The Labute approximate surface area is 148 Å². The fourth-order valence-electron chi connectivity index (χ4n) is 4.17. The molecule has 3 atom stereocenters. The van der Waals surface area contributed by atoms with Crippen molar-refractivity contribution < 1.29 is 9.90 Å². The lowest BCUT2D eigenvalue weighted by molar-refractivity contribution is 0.0326. The summed E-state index contributed by atoms with van der Waals surface area (Å²) in [6, 6.07) is 18.2. The van der Waals surface area contributed by atoms with Crippen LogP contribution in [0.15, 0.2) is 54.6 Å². The first-order chi connectivity index (χ1) is 12.2. The lowest BCUT2D eigenvalue weighted by Crippen LogP contribution is -2.48. The van der Waals surface area contributed by atoms with Gasteiger partial charge in [0.05, 0.1) is 6.10 Å². The topological polar surface area (TPSA) is 52.6 Å². The van der Waals surface area contributed by atoms with Crippen LogP contribution < -0.4 is 5.32 Å². The Morgan fingerprint density at radius 2 is 1.64 bits per heavy atom. The smallest absolute Gasteiger partial charge is 0.321 e. The van der Waals surface area contributed by atoms with Crippen LogP contribution in [0.5, 0.6) is 0 Å². The molecule has 2 aromatic rings. The van der Waals surface area contributed by atoms with Crippen LogP contribution >= 0.6 is 0 Å². The van der Waals surface area contributed by atoms with Crippen molar-refractivity contribution in [2.45, 2.75) is 25.4 Å². The molecule has 1 saturated heterocycles. The minimum absolute atomic E-state index is 0.0516. The first kappa shape index (κ1) is 16.2. The summed E-state index contributed by atoms with van der Waals surface area (Å²) in [6.07, 6.45) is 2.62. The monoisotopic (exact) mass is 336 g/mol. The van der Waals surface area contributed by atoms with Gasteiger partial charge in [-0.2, -0.15) is 0 Å². The largest absolute Gasteiger partial charge is 0.392 e. The van der Waals surface area contributed by atoms with Gasteiger partial charge in [0, 0.05) is 30.6 Å². The van der Waals surface area contributed by atoms with E-state index in [2.05, 4.69) is 23.5 Å². The average Bonchev–Trinajstić information content (AvgIpc) is 2.85. The van der Waals surface area contributed by atoms with E-state index in [0.717, 1.165) is 30.5 Å². The minimum atomic E-state index is -0.227. The molecule has 1 saturated carbocycles. The summed E-state index contributed by atoms with van der Waals surface area (Å²) >= 11 is 0. The first-order valence-corrected chi connectivity index (χ1v) is 9.06. The molecule has 1 aliphatic heterocycles. The molecule has 2 amide bonds. The van der Waals surface area contributed by atoms with Gasteiger partial charge >= 0.3 is 6.03 Å². The van der Waals surface area contributed by atoms with Crippen molar-refractivity contribution in [1.82, 2.24) is 4.90 Å². The molecule has 1 aliphatic carbocycles. The Kier molecular flexibility index (Phi) is 4.45. The van der Waals surface area contributed by atoms with Crippen molar-refractivity contribution in [3.8, 4) is 0 Å². The molecule has 1 unspecified atom stereocenters. The highest BCUT2D eigenvalue weighted by Crippen LogP contribution is 2.37. The maximum atomic E-state index is 12.7. The highest BCUT2D eigenvalue weighted by atomic mass is 16.3. The number of benzene rings is 2. The number of urea groups is 1. The predicted molar refractivity (Wildman–Crippen MR) is 98.5 cm³/mol. The molecule has 1 heterocycles. The second-order valence-corrected chi connectivity index (χ2v) is 7.24. The second kappa shape index (κ2) is 6.89. The molecular weight excluding hydrogens is 312 g/mol. The maximum absolute atomic E-state index is 12.7. The third-order valence-electron chi connectivity index (χ3n) is 5.57. The van der Waals surface area contributed by atoms with Crippen LogP contribution in [-0.4, -0.2) is 35.2 Å². The van der Waals surface area contributed by atoms with Crippen molar-refractivity contribution in [2.75, 3.05) is 18.4 Å². The fraction of sp³-hybridized carbons (Fsp3) is 0.381. The maximum Gasteiger partial charge on any atom is 0.321 e. The average molecular weight is 336 g/mol. The van der Waals surface area contributed by atoms with Crippen molar-refractivity contribution >= 4 is 11.7 Å². The van der Waals surface area contributed by atoms with E-state index in [1.165, 1.54) is 5.56 Å². The van der Waals surface area contributed by atoms with Crippen LogP contribution in [0, 0.1) is 11.8 Å². The molecule has 130 valence electrons. The van der Waals surface area contributed by atoms with Gasteiger partial charge < -0.3 is 15.3 Å². The van der Waals surface area contributed by atoms with E-state index in [9.17, 15) is 9.90 Å². The molecule has 4 nitrogen and oxygen atoms in total. The standard InChI is InChI=1S/C21H24N2O2/c24-20-17-10-11-18(20)14-23(13-17)21(25)22-19-9-5-4-8-16(19)12-15-6-2-1-3-7-15/h1-9,17-18,20,24H,10-14H2,(H,22,25)/t17-,18+,20?. The number of rotatable bonds is 3. The third kappa shape index (κ3) is 3.40. The highest BCUT2D eigenvalue weighted by Gasteiger charge is 2.42. The first-order valence-electron chi connectivity index (χ1n) is 9.06. The molecule has 2 bridgehead atoms. The van der Waals surface area contributed by atoms with E-state index >= 15 is 0 Å². The zero-order valence-electron chi connectivity index (χ0n) is 14.3. The Bertz CT molecular complexity index is 733. The van der Waals surface area contributed by atoms with Crippen LogP contribution in [-0.2, 0) is 6.42 Å². The van der Waals surface area contributed by atoms with E-state index < -0.39 is 0 Å². The number of hydrogen-bond acceptors (Lipinski definition) is 2. The van der Waals surface area contributed by atoms with Gasteiger partial charge in [0.25, 0.3) is 0 Å². The Morgan fingerprint density at radius 1 is 1.00 bits per heavy atom. The molecule has 2 aromatic carbocycles. The van der Waals surface area contributed by atoms with E-state index in [-0.39, 0.29) is 24.0 Å². The number of aliphatic hydroxyl groups is 1. The van der Waals surface area contributed by atoms with Crippen LogP contribution in [0.2, 0.25) is 0 Å². The van der Waals surface area contributed by atoms with E-state index in [0.29, 0.717) is 13.1 Å². The number of para-hydroxylation sites is 1. The van der Waals surface area contributed by atoms with Crippen molar-refractivity contribution in [1.29, 1.82) is 0 Å². The summed E-state index contributed by atoms with van der Waals surface area (Å²) in [7, 11) is 0. The molecule has 0 aromatic heterocycles. The number of fused-ring (bicyclic) bond motifs is 2. The number of nitrogens with zero attached hydrogens (tertiary/aromatic N) is 1. The summed E-state index contributed by atoms with van der Waals surface area (Å²) < 4.78 is 0. The number of carbonyl (C=O) groups is 1. The molecule has 0 radical (unpaired) electrons. The number of amides is 2. The van der Waals surface area contributed by atoms with Gasteiger partial charge in [-0.15, -0.1) is 0 Å². The number of nitrogens with one attached hydrogen (secondary N) is 1. The van der Waals surface area contributed by atoms with Gasteiger partial charge in [0.15, 0.2) is 0 Å². The van der Waals surface area contributed by atoms with Crippen molar-refractivity contribution in [2.24, 2.45) is 11.8 Å². The fourth-order valence-corrected chi connectivity index (χ4v) is 4.17. The lowest BCUT2D eigenvalue weighted by Gasteiger charge is -2.35. The van der Waals surface area contributed by atoms with Gasteiger partial charge in [-0.3, -0.25) is 0 Å². The van der Waals surface area contributed by atoms with E-state index in [4.69, 9.17) is 0 Å². The zero-order valence-corrected chi connectivity index (χ0v) is 14.3. The molecule has 25 heavy (non-hydrogen) atoms. The number of hydrogen-bond donors (Lipinski definition) is 2. The Hall–Kier alpha value is -2.33. The molecule has 4 rings (SSSR count). The summed E-state index contributed by atoms with van der Waals surface area (Å²) in [5.41, 5.74) is 3.21. The van der Waals surface area contributed by atoms with Crippen molar-refractivity contribution in [3.05, 3.63) is 65.7 Å². The molecule has 4 heteroatoms. The number of likely N-dealkylation sites (tertiary alicyclic amines) is 1. The van der Waals surface area contributed by atoms with Crippen LogP contribution in [0.4, 0.5) is 10.5 Å². The summed E-state index contributed by atoms with van der Waals surface area (Å²) in [5, 5.41) is 13.2. The number of carbonyl (C=O) groups excluding carboxylic acids is 1. The Morgan fingerprint density at radius 3 is 2.36 bits per heavy atom. The summed E-state index contributed by atoms with van der Waals surface area (Å²) in [6.45, 7) is 1.31. The minimum Gasteiger partial charge on any atom is -0.392 e. The highest BCUT2D eigenvalue weighted by molar-refractivity contribution is 5.90. The zero-order chi connectivity index (χ0) is 17.2. The molecular formula is C21H24N2O2. The van der Waals surface area contributed by atoms with Gasteiger partial charge in [0.2, 0.25) is 0 Å². The molecule has 2 N–H and O–H groups in total. The van der Waals surface area contributed by atoms with Gasteiger partial charge in [-0.25, -0.2) is 4.79 Å². The quantitative estimate of drug-likeness (QED) is 0.901. The number of aliphatic hydroxyl groups excluding tert-OH is 1. The van der Waals surface area contributed by atoms with Gasteiger partial charge in [-0.1, -0.05) is 48.5 Å². The van der Waals surface area contributed by atoms with Crippen molar-refractivity contribution in [3.63, 3.8) is 0 Å². The summed E-state index contributed by atoms with van der Waals surface area (Å²) in [4.78, 5) is 14.6. The Balaban J connectivity index is 1.47. The second-order valence-electron chi connectivity index (χ2n) is 7.24. The third-order valence-corrected chi connectivity index (χ3v) is 5.57.